The van der Waals surface area contributed by atoms with E-state index in [4.69, 9.17) is 0 Å². The molecule has 33 heavy (non-hydrogen) atoms. The smallest absolute Gasteiger partial charge is 0.330 e. The van der Waals surface area contributed by atoms with E-state index in [0.29, 0.717) is 17.1 Å². The molecule has 0 saturated heterocycles. The van der Waals surface area contributed by atoms with Crippen molar-refractivity contribution in [1.82, 2.24) is 14.7 Å². The Labute approximate surface area is 187 Å². The number of ketones is 1. The summed E-state index contributed by atoms with van der Waals surface area (Å²) >= 11 is 0. The number of carbonyl (C=O) groups is 3. The van der Waals surface area contributed by atoms with Gasteiger partial charge in [-0.25, -0.2) is 4.68 Å². The molecule has 10 heteroatoms. The minimum Gasteiger partial charge on any atom is -0.330 e. The van der Waals surface area contributed by atoms with Crippen molar-refractivity contribution in [2.75, 3.05) is 18.9 Å². The number of likely N-dealkylation sites (N-methyl/N-ethyl adjacent to an activating group) is 1. The van der Waals surface area contributed by atoms with E-state index in [1.54, 1.807) is 26.0 Å². The number of alkyl halides is 3. The largest absolute Gasteiger partial charge is 0.418 e. The lowest BCUT2D eigenvalue weighted by Gasteiger charge is -2.18. The van der Waals surface area contributed by atoms with Crippen LogP contribution in [0, 0.1) is 13.8 Å². The van der Waals surface area contributed by atoms with E-state index in [1.165, 1.54) is 23.9 Å². The molecule has 0 aliphatic rings. The van der Waals surface area contributed by atoms with E-state index in [0.717, 1.165) is 17.0 Å². The third-order valence-corrected chi connectivity index (χ3v) is 4.95. The van der Waals surface area contributed by atoms with E-state index in [1.807, 2.05) is 18.2 Å². The number of rotatable bonds is 6. The molecular formula is C23H21F3N4O3. The summed E-state index contributed by atoms with van der Waals surface area (Å²) in [6, 6.07) is 13.5. The Morgan fingerprint density at radius 3 is 2.24 bits per heavy atom. The quantitative estimate of drug-likeness (QED) is 0.450. The lowest BCUT2D eigenvalue weighted by Crippen LogP contribution is -2.39. The minimum absolute atomic E-state index is 0.110. The van der Waals surface area contributed by atoms with Gasteiger partial charge in [0.25, 0.3) is 11.7 Å². The molecule has 0 fully saturated rings. The maximum atomic E-state index is 13.1. The first-order valence-corrected chi connectivity index (χ1v) is 9.88. The van der Waals surface area contributed by atoms with Crippen molar-refractivity contribution in [1.29, 1.82) is 0 Å². The second-order valence-corrected chi connectivity index (χ2v) is 7.38. The van der Waals surface area contributed by atoms with Crippen LogP contribution in [0.4, 0.5) is 18.9 Å². The van der Waals surface area contributed by atoms with Crippen molar-refractivity contribution >= 4 is 23.3 Å². The number of Topliss-reactive ketones (excluding diaryl/α,β-unsaturated/α-hetero) is 1. The first-order chi connectivity index (χ1) is 15.5. The van der Waals surface area contributed by atoms with E-state index in [2.05, 4.69) is 10.4 Å². The summed E-state index contributed by atoms with van der Waals surface area (Å²) in [5.74, 6) is -2.71. The first kappa shape index (κ1) is 23.7. The predicted octanol–water partition coefficient (Wildman–Crippen LogP) is 3.79. The number of amides is 2. The third-order valence-electron chi connectivity index (χ3n) is 4.95. The second-order valence-electron chi connectivity index (χ2n) is 7.38. The van der Waals surface area contributed by atoms with Gasteiger partial charge in [0, 0.05) is 7.05 Å². The molecule has 1 aromatic heterocycles. The van der Waals surface area contributed by atoms with Crippen LogP contribution in [-0.2, 0) is 15.8 Å². The molecule has 3 rings (SSSR count). The molecule has 0 aliphatic heterocycles. The van der Waals surface area contributed by atoms with Crippen LogP contribution in [0.5, 0.6) is 0 Å². The van der Waals surface area contributed by atoms with Gasteiger partial charge in [0.05, 0.1) is 40.4 Å². The van der Waals surface area contributed by atoms with Crippen LogP contribution in [-0.4, -0.2) is 45.9 Å². The number of para-hydroxylation sites is 2. The molecule has 1 heterocycles. The number of nitrogens with zero attached hydrogens (tertiary/aromatic N) is 3. The Morgan fingerprint density at radius 2 is 1.61 bits per heavy atom. The molecule has 0 atom stereocenters. The van der Waals surface area contributed by atoms with Crippen LogP contribution in [0.15, 0.2) is 54.6 Å². The van der Waals surface area contributed by atoms with Crippen molar-refractivity contribution in [3.05, 3.63) is 77.1 Å². The van der Waals surface area contributed by atoms with Gasteiger partial charge in [0.1, 0.15) is 0 Å². The topological polar surface area (TPSA) is 84.3 Å². The summed E-state index contributed by atoms with van der Waals surface area (Å²) in [4.78, 5) is 38.7. The molecule has 2 amide bonds. The molecule has 0 spiro atoms. The molecular weight excluding hydrogens is 437 g/mol. The standard InChI is InChI=1S/C23H21F3N4O3/c1-14-20(15(2)30(28-14)16-9-5-4-6-10-16)21(32)22(33)29(3)13-19(31)27-18-12-8-7-11-17(18)23(24,25)26/h4-12H,13H2,1-3H3,(H,27,31). The molecule has 0 aliphatic carbocycles. The minimum atomic E-state index is -4.66. The van der Waals surface area contributed by atoms with Crippen molar-refractivity contribution in [3.63, 3.8) is 0 Å². The maximum absolute atomic E-state index is 13.1. The molecule has 172 valence electrons. The zero-order chi connectivity index (χ0) is 24.3. The average molecular weight is 458 g/mol. The number of carbonyl (C=O) groups excluding carboxylic acids is 3. The number of hydrogen-bond donors (Lipinski definition) is 1. The second kappa shape index (κ2) is 9.27. The van der Waals surface area contributed by atoms with Crippen LogP contribution in [0.3, 0.4) is 0 Å². The molecule has 0 saturated carbocycles. The monoisotopic (exact) mass is 458 g/mol. The zero-order valence-corrected chi connectivity index (χ0v) is 18.1. The molecule has 7 nitrogen and oxygen atoms in total. The summed E-state index contributed by atoms with van der Waals surface area (Å²) in [6.07, 6.45) is -4.66. The zero-order valence-electron chi connectivity index (χ0n) is 18.1. The van der Waals surface area contributed by atoms with Gasteiger partial charge in [-0.05, 0) is 38.1 Å². The van der Waals surface area contributed by atoms with Gasteiger partial charge in [-0.15, -0.1) is 0 Å². The normalized spacial score (nSPS) is 11.2. The van der Waals surface area contributed by atoms with Crippen molar-refractivity contribution in [2.24, 2.45) is 0 Å². The number of aryl methyl sites for hydroxylation is 1. The summed E-state index contributed by atoms with van der Waals surface area (Å²) in [5.41, 5.74) is 0.167. The lowest BCUT2D eigenvalue weighted by molar-refractivity contribution is -0.137. The lowest BCUT2D eigenvalue weighted by atomic mass is 10.1. The van der Waals surface area contributed by atoms with Gasteiger partial charge in [0.15, 0.2) is 0 Å². The highest BCUT2D eigenvalue weighted by molar-refractivity contribution is 6.43. The summed E-state index contributed by atoms with van der Waals surface area (Å²) in [5, 5.41) is 6.48. The number of anilines is 1. The first-order valence-electron chi connectivity index (χ1n) is 9.88. The van der Waals surface area contributed by atoms with Crippen molar-refractivity contribution in [3.8, 4) is 5.69 Å². The summed E-state index contributed by atoms with van der Waals surface area (Å²) in [6.45, 7) is 2.63. The molecule has 2 aromatic carbocycles. The van der Waals surface area contributed by atoms with Crippen LogP contribution in [0.1, 0.15) is 27.3 Å². The number of nitrogens with one attached hydrogen (secondary N) is 1. The van der Waals surface area contributed by atoms with Crippen LogP contribution < -0.4 is 5.32 Å². The average Bonchev–Trinajstić information content (AvgIpc) is 3.06. The highest BCUT2D eigenvalue weighted by Gasteiger charge is 2.34. The molecule has 0 unspecified atom stereocenters. The predicted molar refractivity (Wildman–Crippen MR) is 115 cm³/mol. The van der Waals surface area contributed by atoms with Crippen LogP contribution in [0.25, 0.3) is 5.69 Å². The number of hydrogen-bond acceptors (Lipinski definition) is 4. The van der Waals surface area contributed by atoms with Gasteiger partial charge in [-0.3, -0.25) is 14.4 Å². The SMILES string of the molecule is Cc1nn(-c2ccccc2)c(C)c1C(=O)C(=O)N(C)CC(=O)Nc1ccccc1C(F)(F)F. The number of benzene rings is 2. The van der Waals surface area contributed by atoms with Gasteiger partial charge in [-0.2, -0.15) is 18.3 Å². The van der Waals surface area contributed by atoms with Crippen molar-refractivity contribution < 1.29 is 27.6 Å². The number of aromatic nitrogens is 2. The molecule has 1 N–H and O–H groups in total. The molecule has 0 bridgehead atoms. The van der Waals surface area contributed by atoms with Gasteiger partial charge < -0.3 is 10.2 Å². The third kappa shape index (κ3) is 5.11. The molecule has 3 aromatic rings. The van der Waals surface area contributed by atoms with E-state index >= 15 is 0 Å². The summed E-state index contributed by atoms with van der Waals surface area (Å²) in [7, 11) is 1.22. The maximum Gasteiger partial charge on any atom is 0.418 e. The fourth-order valence-electron chi connectivity index (χ4n) is 3.39. The van der Waals surface area contributed by atoms with Gasteiger partial charge in [0.2, 0.25) is 5.91 Å². The fraction of sp³-hybridized carbons (Fsp3) is 0.217. The highest BCUT2D eigenvalue weighted by Crippen LogP contribution is 2.34. The molecule has 0 radical (unpaired) electrons. The van der Waals surface area contributed by atoms with Crippen LogP contribution in [0.2, 0.25) is 0 Å². The Bertz CT molecular complexity index is 1200. The number of halogens is 3. The van der Waals surface area contributed by atoms with Gasteiger partial charge in [-0.1, -0.05) is 30.3 Å². The Morgan fingerprint density at radius 1 is 1.00 bits per heavy atom. The fourth-order valence-corrected chi connectivity index (χ4v) is 3.39. The Hall–Kier alpha value is -3.95. The summed E-state index contributed by atoms with van der Waals surface area (Å²) < 4.78 is 40.9. The van der Waals surface area contributed by atoms with Crippen molar-refractivity contribution in [2.45, 2.75) is 20.0 Å². The highest BCUT2D eigenvalue weighted by atomic mass is 19.4. The Balaban J connectivity index is 1.74. The van der Waals surface area contributed by atoms with Gasteiger partial charge >= 0.3 is 6.18 Å². The van der Waals surface area contributed by atoms with E-state index < -0.39 is 41.6 Å². The van der Waals surface area contributed by atoms with E-state index in [-0.39, 0.29) is 5.56 Å². The Kier molecular flexibility index (Phi) is 6.66. The van der Waals surface area contributed by atoms with E-state index in [9.17, 15) is 27.6 Å². The van der Waals surface area contributed by atoms with Crippen LogP contribution >= 0.6 is 0 Å².